The Morgan fingerprint density at radius 3 is 2.75 bits per heavy atom. The zero-order valence-corrected chi connectivity index (χ0v) is 7.61. The van der Waals surface area contributed by atoms with E-state index >= 15 is 0 Å². The van der Waals surface area contributed by atoms with E-state index in [1.165, 1.54) is 6.07 Å². The van der Waals surface area contributed by atoms with E-state index in [0.717, 1.165) is 0 Å². The maximum atomic E-state index is 10.8. The lowest BCUT2D eigenvalue weighted by atomic mass is 10.4. The van der Waals surface area contributed by atoms with Crippen molar-refractivity contribution in [1.29, 1.82) is 0 Å². The van der Waals surface area contributed by atoms with E-state index in [9.17, 15) is 9.12 Å². The smallest absolute Gasteiger partial charge is 0.233 e. The first-order valence-corrected chi connectivity index (χ1v) is 4.56. The molecule has 0 fully saturated rings. The number of hydrogen-bond acceptors (Lipinski definition) is 3. The van der Waals surface area contributed by atoms with Crippen LogP contribution in [0.1, 0.15) is 19.9 Å². The Hall–Kier alpha value is -1.04. The molecule has 12 heavy (non-hydrogen) atoms. The molecule has 0 aliphatic carbocycles. The van der Waals surface area contributed by atoms with Gasteiger partial charge in [-0.25, -0.2) is 4.21 Å². The van der Waals surface area contributed by atoms with Crippen molar-refractivity contribution in [1.82, 2.24) is 9.78 Å². The molecule has 1 rings (SSSR count). The first-order chi connectivity index (χ1) is 5.65. The Balaban J connectivity index is 2.91. The standard InChI is InChI=1S/C6H9N3O2S/c1-5(2)9-4-3-6(7-9)12(11)8-10/h3-5H,1-2H3. The van der Waals surface area contributed by atoms with Crippen molar-refractivity contribution in [3.63, 3.8) is 0 Å². The maximum absolute atomic E-state index is 10.8. The fraction of sp³-hybridized carbons (Fsp3) is 0.500. The van der Waals surface area contributed by atoms with Crippen molar-refractivity contribution in [2.24, 2.45) is 4.58 Å². The van der Waals surface area contributed by atoms with Gasteiger partial charge in [0.15, 0.2) is 5.03 Å². The van der Waals surface area contributed by atoms with Gasteiger partial charge in [-0.2, -0.15) is 5.10 Å². The lowest BCUT2D eigenvalue weighted by Crippen LogP contribution is -2.01. The summed E-state index contributed by atoms with van der Waals surface area (Å²) >= 11 is 0. The fourth-order valence-electron chi connectivity index (χ4n) is 0.740. The summed E-state index contributed by atoms with van der Waals surface area (Å²) in [5, 5.41) is 4.11. The zero-order valence-electron chi connectivity index (χ0n) is 6.80. The highest BCUT2D eigenvalue weighted by molar-refractivity contribution is 7.83. The molecule has 0 radical (unpaired) electrons. The Bertz CT molecular complexity index is 307. The molecule has 0 N–H and O–H groups in total. The molecule has 0 spiro atoms. The van der Waals surface area contributed by atoms with Crippen molar-refractivity contribution >= 4 is 11.0 Å². The highest BCUT2D eigenvalue weighted by Gasteiger charge is 2.08. The molecule has 0 aromatic carbocycles. The summed E-state index contributed by atoms with van der Waals surface area (Å²) in [5.74, 6) is 0. The van der Waals surface area contributed by atoms with Crippen LogP contribution >= 0.6 is 0 Å². The van der Waals surface area contributed by atoms with Crippen LogP contribution in [-0.2, 0) is 11.0 Å². The van der Waals surface area contributed by atoms with E-state index in [1.54, 1.807) is 10.9 Å². The molecule has 0 amide bonds. The summed E-state index contributed by atoms with van der Waals surface area (Å²) in [4.78, 5) is 9.88. The Morgan fingerprint density at radius 2 is 2.33 bits per heavy atom. The maximum Gasteiger partial charge on any atom is 0.233 e. The predicted octanol–water partition coefficient (Wildman–Crippen LogP) is 1.25. The second kappa shape index (κ2) is 3.57. The summed E-state index contributed by atoms with van der Waals surface area (Å²) < 4.78 is 14.8. The van der Waals surface area contributed by atoms with Gasteiger partial charge in [0.25, 0.3) is 0 Å². The minimum absolute atomic E-state index is 0.197. The molecule has 0 aliphatic rings. The summed E-state index contributed by atoms with van der Waals surface area (Å²) in [7, 11) is -1.85. The quantitative estimate of drug-likeness (QED) is 0.669. The van der Waals surface area contributed by atoms with E-state index < -0.39 is 11.0 Å². The van der Waals surface area contributed by atoms with Gasteiger partial charge in [-0.15, -0.1) is 4.91 Å². The highest BCUT2D eigenvalue weighted by atomic mass is 32.2. The van der Waals surface area contributed by atoms with Gasteiger partial charge in [0.2, 0.25) is 11.0 Å². The average molecular weight is 187 g/mol. The molecule has 0 bridgehead atoms. The van der Waals surface area contributed by atoms with Gasteiger partial charge in [-0.1, -0.05) is 0 Å². The Labute approximate surface area is 72.3 Å². The van der Waals surface area contributed by atoms with Crippen LogP contribution in [-0.4, -0.2) is 14.0 Å². The number of rotatable bonds is 3. The fourth-order valence-corrected chi connectivity index (χ4v) is 1.16. The third-order valence-corrected chi connectivity index (χ3v) is 2.07. The Kier molecular flexibility index (Phi) is 2.69. The monoisotopic (exact) mass is 187 g/mol. The van der Waals surface area contributed by atoms with Crippen LogP contribution in [0.25, 0.3) is 0 Å². The first kappa shape index (κ1) is 9.05. The van der Waals surface area contributed by atoms with Crippen LogP contribution in [0.2, 0.25) is 0 Å². The van der Waals surface area contributed by atoms with Gasteiger partial charge in [0.1, 0.15) is 0 Å². The third kappa shape index (κ3) is 1.76. The lowest BCUT2D eigenvalue weighted by Gasteiger charge is -2.02. The van der Waals surface area contributed by atoms with Crippen molar-refractivity contribution in [3.05, 3.63) is 17.2 Å². The van der Waals surface area contributed by atoms with Gasteiger partial charge >= 0.3 is 0 Å². The van der Waals surface area contributed by atoms with Crippen LogP contribution in [0.3, 0.4) is 0 Å². The molecule has 0 aliphatic heterocycles. The van der Waals surface area contributed by atoms with Gasteiger partial charge < -0.3 is 0 Å². The molecule has 1 atom stereocenters. The minimum atomic E-state index is -1.85. The molecular formula is C6H9N3O2S. The molecule has 66 valence electrons. The number of nitrogens with zero attached hydrogens (tertiary/aromatic N) is 3. The van der Waals surface area contributed by atoms with Crippen molar-refractivity contribution in [2.45, 2.75) is 24.9 Å². The first-order valence-electron chi connectivity index (χ1n) is 3.45. The van der Waals surface area contributed by atoms with Gasteiger partial charge in [0, 0.05) is 16.8 Å². The van der Waals surface area contributed by atoms with E-state index in [1.807, 2.05) is 13.8 Å². The third-order valence-electron chi connectivity index (χ3n) is 1.36. The summed E-state index contributed by atoms with van der Waals surface area (Å²) in [5.41, 5.74) is 0. The van der Waals surface area contributed by atoms with Gasteiger partial charge in [0.05, 0.1) is 0 Å². The summed E-state index contributed by atoms with van der Waals surface area (Å²) in [6, 6.07) is 1.72. The minimum Gasteiger partial charge on any atom is -0.269 e. The summed E-state index contributed by atoms with van der Waals surface area (Å²) in [6.45, 7) is 3.88. The largest absolute Gasteiger partial charge is 0.269 e. The second-order valence-corrected chi connectivity index (χ2v) is 3.62. The van der Waals surface area contributed by atoms with E-state index in [2.05, 4.69) is 9.68 Å². The van der Waals surface area contributed by atoms with E-state index in [4.69, 9.17) is 0 Å². The molecule has 1 unspecified atom stereocenters. The number of nitroso groups, excluding NO2 is 1. The van der Waals surface area contributed by atoms with E-state index in [0.29, 0.717) is 0 Å². The molecular weight excluding hydrogens is 178 g/mol. The normalized spacial score (nSPS) is 13.2. The zero-order chi connectivity index (χ0) is 9.14. The predicted molar refractivity (Wildman–Crippen MR) is 44.8 cm³/mol. The molecule has 1 aromatic heterocycles. The van der Waals surface area contributed by atoms with Crippen LogP contribution < -0.4 is 0 Å². The number of hydrogen-bond donors (Lipinski definition) is 0. The lowest BCUT2D eigenvalue weighted by molar-refractivity contribution is 0.520. The number of aromatic nitrogens is 2. The molecule has 1 heterocycles. The van der Waals surface area contributed by atoms with Crippen molar-refractivity contribution in [3.8, 4) is 0 Å². The van der Waals surface area contributed by atoms with Crippen LogP contribution in [0, 0.1) is 4.91 Å². The van der Waals surface area contributed by atoms with Gasteiger partial charge in [-0.3, -0.25) is 4.68 Å². The molecule has 0 saturated heterocycles. The second-order valence-electron chi connectivity index (χ2n) is 2.55. The summed E-state index contributed by atoms with van der Waals surface area (Å²) in [6.07, 6.45) is 1.67. The molecule has 0 saturated carbocycles. The van der Waals surface area contributed by atoms with Crippen molar-refractivity contribution < 1.29 is 4.21 Å². The van der Waals surface area contributed by atoms with Crippen molar-refractivity contribution in [2.75, 3.05) is 0 Å². The topological polar surface area (TPSA) is 64.3 Å². The average Bonchev–Trinajstić information content (AvgIpc) is 2.51. The SMILES string of the molecule is CC(C)n1ccc(S(=O)N=O)n1. The highest BCUT2D eigenvalue weighted by Crippen LogP contribution is 2.07. The van der Waals surface area contributed by atoms with Crippen LogP contribution in [0.5, 0.6) is 0 Å². The Morgan fingerprint density at radius 1 is 1.67 bits per heavy atom. The van der Waals surface area contributed by atoms with Gasteiger partial charge in [-0.05, 0) is 19.9 Å². The van der Waals surface area contributed by atoms with E-state index in [-0.39, 0.29) is 11.1 Å². The van der Waals surface area contributed by atoms with Crippen LogP contribution in [0.15, 0.2) is 21.9 Å². The molecule has 5 nitrogen and oxygen atoms in total. The van der Waals surface area contributed by atoms with Crippen LogP contribution in [0.4, 0.5) is 0 Å². The molecule has 1 aromatic rings. The molecule has 6 heteroatoms.